The van der Waals surface area contributed by atoms with Crippen molar-refractivity contribution in [1.82, 2.24) is 9.97 Å². The molecule has 0 bridgehead atoms. The monoisotopic (exact) mass is 315 g/mol. The van der Waals surface area contributed by atoms with Crippen molar-refractivity contribution in [2.75, 3.05) is 11.9 Å². The van der Waals surface area contributed by atoms with Crippen LogP contribution in [0, 0.1) is 13.8 Å². The second-order valence-corrected chi connectivity index (χ2v) is 5.07. The number of rotatable bonds is 2. The number of benzene rings is 1. The minimum Gasteiger partial charge on any atom is -0.329 e. The molecule has 7 heteroatoms. The van der Waals surface area contributed by atoms with Crippen LogP contribution in [0.3, 0.4) is 0 Å². The molecule has 0 unspecified atom stereocenters. The number of halogens is 4. The highest BCUT2D eigenvalue weighted by atomic mass is 35.5. The van der Waals surface area contributed by atoms with E-state index in [2.05, 4.69) is 9.97 Å². The smallest absolute Gasteiger partial charge is 0.329 e. The summed E-state index contributed by atoms with van der Waals surface area (Å²) in [7, 11) is 1.64. The summed E-state index contributed by atoms with van der Waals surface area (Å²) in [6, 6.07) is 6.53. The molecule has 2 rings (SSSR count). The lowest BCUT2D eigenvalue weighted by Gasteiger charge is -2.21. The lowest BCUT2D eigenvalue weighted by Crippen LogP contribution is -2.16. The van der Waals surface area contributed by atoms with E-state index in [9.17, 15) is 13.2 Å². The van der Waals surface area contributed by atoms with Crippen LogP contribution in [0.1, 0.15) is 16.8 Å². The number of anilines is 2. The summed E-state index contributed by atoms with van der Waals surface area (Å²) in [5.74, 6) is 0.0919. The van der Waals surface area contributed by atoms with Gasteiger partial charge in [-0.1, -0.05) is 17.7 Å². The Morgan fingerprint density at radius 3 is 2.33 bits per heavy atom. The van der Waals surface area contributed by atoms with E-state index in [0.29, 0.717) is 0 Å². The molecule has 0 saturated carbocycles. The second-order valence-electron chi connectivity index (χ2n) is 4.73. The summed E-state index contributed by atoms with van der Waals surface area (Å²) in [4.78, 5) is 8.64. The average molecular weight is 316 g/mol. The quantitative estimate of drug-likeness (QED) is 0.762. The molecule has 0 radical (unpaired) electrons. The van der Waals surface area contributed by atoms with Gasteiger partial charge in [0.25, 0.3) is 0 Å². The molecule has 21 heavy (non-hydrogen) atoms. The first kappa shape index (κ1) is 15.6. The zero-order valence-electron chi connectivity index (χ0n) is 11.7. The molecule has 0 saturated heterocycles. The van der Waals surface area contributed by atoms with E-state index in [-0.39, 0.29) is 5.82 Å². The number of alkyl halides is 3. The Balaban J connectivity index is 2.48. The van der Waals surface area contributed by atoms with Crippen molar-refractivity contribution in [3.8, 4) is 0 Å². The van der Waals surface area contributed by atoms with Gasteiger partial charge in [0.2, 0.25) is 5.28 Å². The van der Waals surface area contributed by atoms with Crippen LogP contribution in [0.5, 0.6) is 0 Å². The fraction of sp³-hybridized carbons (Fsp3) is 0.286. The van der Waals surface area contributed by atoms with Gasteiger partial charge in [-0.2, -0.15) is 13.2 Å². The number of hydrogen-bond donors (Lipinski definition) is 0. The van der Waals surface area contributed by atoms with Crippen LogP contribution in [-0.2, 0) is 6.18 Å². The first-order chi connectivity index (χ1) is 9.68. The summed E-state index contributed by atoms with van der Waals surface area (Å²) in [6.45, 7) is 3.83. The summed E-state index contributed by atoms with van der Waals surface area (Å²) >= 11 is 5.60. The highest BCUT2D eigenvalue weighted by Crippen LogP contribution is 2.33. The molecule has 2 aromatic rings. The Kier molecular flexibility index (Phi) is 4.09. The first-order valence-corrected chi connectivity index (χ1v) is 6.49. The third kappa shape index (κ3) is 3.44. The van der Waals surface area contributed by atoms with Crippen LogP contribution >= 0.6 is 11.6 Å². The zero-order chi connectivity index (χ0) is 15.8. The first-order valence-electron chi connectivity index (χ1n) is 6.11. The van der Waals surface area contributed by atoms with Gasteiger partial charge in [0, 0.05) is 18.8 Å². The molecule has 0 amide bonds. The normalized spacial score (nSPS) is 11.6. The molecule has 1 aromatic carbocycles. The van der Waals surface area contributed by atoms with Crippen molar-refractivity contribution in [2.45, 2.75) is 20.0 Å². The molecule has 0 spiro atoms. The number of nitrogens with zero attached hydrogens (tertiary/aromatic N) is 3. The van der Waals surface area contributed by atoms with Gasteiger partial charge in [0.15, 0.2) is 5.69 Å². The van der Waals surface area contributed by atoms with Gasteiger partial charge in [-0.25, -0.2) is 9.97 Å². The fourth-order valence-corrected chi connectivity index (χ4v) is 2.21. The summed E-state index contributed by atoms with van der Waals surface area (Å²) in [5, 5.41) is -0.434. The van der Waals surface area contributed by atoms with Gasteiger partial charge in [-0.15, -0.1) is 0 Å². The molecular formula is C14H13ClF3N3. The predicted octanol–water partition coefficient (Wildman–Crippen LogP) is 4.53. The largest absolute Gasteiger partial charge is 0.433 e. The Hall–Kier alpha value is -1.82. The fourth-order valence-electron chi connectivity index (χ4n) is 2.03. The minimum absolute atomic E-state index is 0.0919. The molecule has 1 heterocycles. The molecule has 0 aliphatic rings. The van der Waals surface area contributed by atoms with E-state index in [1.165, 1.54) is 0 Å². The molecule has 0 atom stereocenters. The summed E-state index contributed by atoms with van der Waals surface area (Å²) < 4.78 is 38.3. The Morgan fingerprint density at radius 1 is 1.10 bits per heavy atom. The minimum atomic E-state index is -4.56. The maximum atomic E-state index is 12.8. The molecule has 0 aliphatic heterocycles. The van der Waals surface area contributed by atoms with E-state index >= 15 is 0 Å². The van der Waals surface area contributed by atoms with Crippen LogP contribution < -0.4 is 4.90 Å². The van der Waals surface area contributed by atoms with Crippen LogP contribution in [-0.4, -0.2) is 17.0 Å². The van der Waals surface area contributed by atoms with Crippen LogP contribution in [0.15, 0.2) is 24.3 Å². The van der Waals surface area contributed by atoms with Crippen molar-refractivity contribution in [2.24, 2.45) is 0 Å². The van der Waals surface area contributed by atoms with E-state index in [0.717, 1.165) is 22.9 Å². The molecule has 0 N–H and O–H groups in total. The topological polar surface area (TPSA) is 29.0 Å². The molecule has 3 nitrogen and oxygen atoms in total. The van der Waals surface area contributed by atoms with Crippen molar-refractivity contribution in [3.05, 3.63) is 46.4 Å². The lowest BCUT2D eigenvalue weighted by molar-refractivity contribution is -0.141. The lowest BCUT2D eigenvalue weighted by atomic mass is 10.1. The maximum absolute atomic E-state index is 12.8. The highest BCUT2D eigenvalue weighted by Gasteiger charge is 2.34. The standard InChI is InChI=1S/C14H13ClF3N3/c1-8-4-5-10(9(2)6-8)21(3)12-7-11(14(16,17)18)19-13(15)20-12/h4-7H,1-3H3. The van der Waals surface area contributed by atoms with E-state index in [1.807, 2.05) is 32.0 Å². The van der Waals surface area contributed by atoms with Crippen LogP contribution in [0.25, 0.3) is 0 Å². The zero-order valence-corrected chi connectivity index (χ0v) is 12.4. The average Bonchev–Trinajstić information content (AvgIpc) is 2.36. The third-order valence-electron chi connectivity index (χ3n) is 3.03. The number of aromatic nitrogens is 2. The van der Waals surface area contributed by atoms with Gasteiger partial charge in [0.05, 0.1) is 0 Å². The third-order valence-corrected chi connectivity index (χ3v) is 3.20. The second kappa shape index (κ2) is 5.52. The van der Waals surface area contributed by atoms with Crippen molar-refractivity contribution in [3.63, 3.8) is 0 Å². The van der Waals surface area contributed by atoms with Crippen molar-refractivity contribution < 1.29 is 13.2 Å². The van der Waals surface area contributed by atoms with Crippen LogP contribution in [0.4, 0.5) is 24.7 Å². The van der Waals surface area contributed by atoms with E-state index in [4.69, 9.17) is 11.6 Å². The van der Waals surface area contributed by atoms with Gasteiger partial charge in [-0.3, -0.25) is 0 Å². The molecule has 0 fully saturated rings. The highest BCUT2D eigenvalue weighted by molar-refractivity contribution is 6.28. The van der Waals surface area contributed by atoms with E-state index in [1.54, 1.807) is 11.9 Å². The Morgan fingerprint density at radius 2 is 1.76 bits per heavy atom. The van der Waals surface area contributed by atoms with Gasteiger partial charge >= 0.3 is 6.18 Å². The molecule has 1 aromatic heterocycles. The molecule has 112 valence electrons. The summed E-state index contributed by atoms with van der Waals surface area (Å²) in [5.41, 5.74) is 1.69. The maximum Gasteiger partial charge on any atom is 0.433 e. The van der Waals surface area contributed by atoms with Crippen LogP contribution in [0.2, 0.25) is 5.28 Å². The van der Waals surface area contributed by atoms with Gasteiger partial charge in [0.1, 0.15) is 5.82 Å². The van der Waals surface area contributed by atoms with Crippen molar-refractivity contribution in [1.29, 1.82) is 0 Å². The molecular weight excluding hydrogens is 303 g/mol. The Bertz CT molecular complexity index is 671. The molecule has 0 aliphatic carbocycles. The number of aryl methyl sites for hydroxylation is 2. The number of hydrogen-bond acceptors (Lipinski definition) is 3. The Labute approximate surface area is 125 Å². The summed E-state index contributed by atoms with van der Waals surface area (Å²) in [6.07, 6.45) is -4.56. The van der Waals surface area contributed by atoms with Gasteiger partial charge in [-0.05, 0) is 37.1 Å². The predicted molar refractivity (Wildman–Crippen MR) is 76.0 cm³/mol. The SMILES string of the molecule is Cc1ccc(N(C)c2cc(C(F)(F)F)nc(Cl)n2)c(C)c1. The van der Waals surface area contributed by atoms with Gasteiger partial charge < -0.3 is 4.90 Å². The van der Waals surface area contributed by atoms with E-state index < -0.39 is 17.2 Å². The van der Waals surface area contributed by atoms with Crippen molar-refractivity contribution >= 4 is 23.1 Å².